The molecule has 1 fully saturated rings. The Kier molecular flexibility index (Phi) is 8.03. The number of anilines is 2. The standard InChI is InChI=1S/C20H26FN5O2S2/c1-22-19-16(26-20(29-2)30-19)18(28)24-14(10-12-6-4-3-5-7-12)17(27)25-15-9-8-13(21)11-23-15/h8-9,11-12,14,22H,3-7,10H2,1-2H3,(H,24,28)(H,23,25,27). The van der Waals surface area contributed by atoms with E-state index in [0.717, 1.165) is 36.2 Å². The number of amides is 2. The molecule has 162 valence electrons. The summed E-state index contributed by atoms with van der Waals surface area (Å²) in [7, 11) is 1.74. The Bertz CT molecular complexity index is 869. The van der Waals surface area contributed by atoms with Gasteiger partial charge in [-0.3, -0.25) is 9.59 Å². The Morgan fingerprint density at radius 2 is 2.07 bits per heavy atom. The van der Waals surface area contributed by atoms with Crippen LogP contribution >= 0.6 is 23.1 Å². The van der Waals surface area contributed by atoms with Gasteiger partial charge in [-0.2, -0.15) is 0 Å². The largest absolute Gasteiger partial charge is 0.378 e. The van der Waals surface area contributed by atoms with E-state index in [9.17, 15) is 14.0 Å². The molecule has 30 heavy (non-hydrogen) atoms. The van der Waals surface area contributed by atoms with Crippen LogP contribution < -0.4 is 16.0 Å². The molecule has 3 rings (SSSR count). The Labute approximate surface area is 183 Å². The van der Waals surface area contributed by atoms with Gasteiger partial charge in [0.25, 0.3) is 5.91 Å². The Morgan fingerprint density at radius 1 is 1.30 bits per heavy atom. The second kappa shape index (κ2) is 10.7. The number of hydrogen-bond donors (Lipinski definition) is 3. The third kappa shape index (κ3) is 5.91. The Hall–Kier alpha value is -2.20. The Morgan fingerprint density at radius 3 is 2.70 bits per heavy atom. The van der Waals surface area contributed by atoms with Crippen LogP contribution in [0.2, 0.25) is 0 Å². The molecule has 2 aromatic rings. The highest BCUT2D eigenvalue weighted by molar-refractivity contribution is 8.00. The predicted molar refractivity (Wildman–Crippen MR) is 119 cm³/mol. The fourth-order valence-corrected chi connectivity index (χ4v) is 5.00. The highest BCUT2D eigenvalue weighted by atomic mass is 32.2. The van der Waals surface area contributed by atoms with Crippen molar-refractivity contribution in [2.45, 2.75) is 48.9 Å². The first-order valence-corrected chi connectivity index (χ1v) is 12.0. The summed E-state index contributed by atoms with van der Waals surface area (Å²) >= 11 is 2.86. The van der Waals surface area contributed by atoms with E-state index < -0.39 is 11.9 Å². The number of pyridine rings is 1. The van der Waals surface area contributed by atoms with E-state index >= 15 is 0 Å². The zero-order valence-corrected chi connectivity index (χ0v) is 18.7. The number of nitrogens with one attached hydrogen (secondary N) is 3. The number of carbonyl (C=O) groups is 2. The molecular formula is C20H26FN5O2S2. The zero-order chi connectivity index (χ0) is 21.5. The number of thioether (sulfide) groups is 1. The van der Waals surface area contributed by atoms with Crippen molar-refractivity contribution in [3.05, 3.63) is 29.8 Å². The minimum Gasteiger partial charge on any atom is -0.378 e. The van der Waals surface area contributed by atoms with E-state index in [-0.39, 0.29) is 23.3 Å². The number of thiazole rings is 1. The van der Waals surface area contributed by atoms with E-state index in [1.54, 1.807) is 7.05 Å². The maximum atomic E-state index is 13.1. The summed E-state index contributed by atoms with van der Waals surface area (Å²) in [5.74, 6) is -0.610. The van der Waals surface area contributed by atoms with Gasteiger partial charge in [0, 0.05) is 7.05 Å². The number of aromatic nitrogens is 2. The molecule has 0 aliphatic heterocycles. The molecule has 1 saturated carbocycles. The van der Waals surface area contributed by atoms with Crippen molar-refractivity contribution in [2.24, 2.45) is 5.92 Å². The topological polar surface area (TPSA) is 96.0 Å². The molecule has 7 nitrogen and oxygen atoms in total. The number of carbonyl (C=O) groups excluding carboxylic acids is 2. The van der Waals surface area contributed by atoms with Crippen LogP contribution in [0.25, 0.3) is 0 Å². The third-order valence-electron chi connectivity index (χ3n) is 5.12. The lowest BCUT2D eigenvalue weighted by molar-refractivity contribution is -0.118. The second-order valence-corrected chi connectivity index (χ2v) is 9.28. The van der Waals surface area contributed by atoms with E-state index in [2.05, 4.69) is 25.9 Å². The summed E-state index contributed by atoms with van der Waals surface area (Å²) in [5.41, 5.74) is 0.285. The molecule has 2 aromatic heterocycles. The monoisotopic (exact) mass is 451 g/mol. The minimum absolute atomic E-state index is 0.249. The molecule has 0 aromatic carbocycles. The normalized spacial score (nSPS) is 15.4. The first-order chi connectivity index (χ1) is 14.5. The molecule has 1 aliphatic rings. The lowest BCUT2D eigenvalue weighted by Crippen LogP contribution is -2.45. The minimum atomic E-state index is -0.725. The fraction of sp³-hybridized carbons (Fsp3) is 0.500. The molecule has 0 saturated heterocycles. The summed E-state index contributed by atoms with van der Waals surface area (Å²) < 4.78 is 13.9. The lowest BCUT2D eigenvalue weighted by atomic mass is 9.84. The van der Waals surface area contributed by atoms with Crippen LogP contribution in [0.3, 0.4) is 0 Å². The molecule has 10 heteroatoms. The van der Waals surface area contributed by atoms with E-state index in [0.29, 0.717) is 17.3 Å². The van der Waals surface area contributed by atoms with Gasteiger partial charge < -0.3 is 16.0 Å². The van der Waals surface area contributed by atoms with Gasteiger partial charge in [0.05, 0.1) is 6.20 Å². The quantitative estimate of drug-likeness (QED) is 0.522. The first-order valence-electron chi connectivity index (χ1n) is 9.96. The van der Waals surface area contributed by atoms with E-state index in [1.807, 2.05) is 6.26 Å². The summed E-state index contributed by atoms with van der Waals surface area (Å²) in [6, 6.07) is 1.91. The average Bonchev–Trinajstić information content (AvgIpc) is 3.19. The van der Waals surface area contributed by atoms with Crippen molar-refractivity contribution >= 4 is 45.7 Å². The van der Waals surface area contributed by atoms with Crippen LogP contribution in [0.1, 0.15) is 49.0 Å². The van der Waals surface area contributed by atoms with Gasteiger partial charge >= 0.3 is 0 Å². The molecule has 3 N–H and O–H groups in total. The van der Waals surface area contributed by atoms with Gasteiger partial charge in [0.2, 0.25) is 5.91 Å². The lowest BCUT2D eigenvalue weighted by Gasteiger charge is -2.26. The molecule has 2 amide bonds. The maximum absolute atomic E-state index is 13.1. The van der Waals surface area contributed by atoms with E-state index in [1.165, 1.54) is 41.7 Å². The van der Waals surface area contributed by atoms with Gasteiger partial charge in [-0.15, -0.1) is 0 Å². The first kappa shape index (κ1) is 22.5. The fourth-order valence-electron chi connectivity index (χ4n) is 3.59. The number of nitrogens with zero attached hydrogens (tertiary/aromatic N) is 2. The van der Waals surface area contributed by atoms with Crippen LogP contribution in [0.4, 0.5) is 15.2 Å². The van der Waals surface area contributed by atoms with Gasteiger partial charge in [0.1, 0.15) is 22.7 Å². The van der Waals surface area contributed by atoms with Gasteiger partial charge in [0.15, 0.2) is 10.0 Å². The predicted octanol–water partition coefficient (Wildman–Crippen LogP) is 4.15. The average molecular weight is 452 g/mol. The maximum Gasteiger partial charge on any atom is 0.273 e. The highest BCUT2D eigenvalue weighted by Crippen LogP contribution is 2.31. The summed E-state index contributed by atoms with van der Waals surface area (Å²) in [6.45, 7) is 0. The third-order valence-corrected chi connectivity index (χ3v) is 7.18. The summed E-state index contributed by atoms with van der Waals surface area (Å²) in [5, 5.41) is 9.21. The number of rotatable bonds is 8. The smallest absolute Gasteiger partial charge is 0.273 e. The van der Waals surface area contributed by atoms with Crippen molar-refractivity contribution in [1.82, 2.24) is 15.3 Å². The van der Waals surface area contributed by atoms with Gasteiger partial charge in [-0.25, -0.2) is 14.4 Å². The van der Waals surface area contributed by atoms with Gasteiger partial charge in [-0.05, 0) is 30.7 Å². The van der Waals surface area contributed by atoms with Crippen LogP contribution in [0.15, 0.2) is 22.7 Å². The highest BCUT2D eigenvalue weighted by Gasteiger charge is 2.28. The summed E-state index contributed by atoms with van der Waals surface area (Å²) in [6.07, 6.45) is 9.07. The van der Waals surface area contributed by atoms with Crippen molar-refractivity contribution in [3.8, 4) is 0 Å². The van der Waals surface area contributed by atoms with Crippen LogP contribution in [-0.2, 0) is 4.79 Å². The molecule has 1 unspecified atom stereocenters. The van der Waals surface area contributed by atoms with Crippen molar-refractivity contribution < 1.29 is 14.0 Å². The van der Waals surface area contributed by atoms with Crippen molar-refractivity contribution in [1.29, 1.82) is 0 Å². The Balaban J connectivity index is 1.75. The molecule has 2 heterocycles. The number of hydrogen-bond acceptors (Lipinski definition) is 7. The molecular weight excluding hydrogens is 425 g/mol. The number of halogens is 1. The van der Waals surface area contributed by atoms with Crippen LogP contribution in [0, 0.1) is 11.7 Å². The van der Waals surface area contributed by atoms with Crippen LogP contribution in [-0.4, -0.2) is 41.1 Å². The van der Waals surface area contributed by atoms with Crippen LogP contribution in [0.5, 0.6) is 0 Å². The van der Waals surface area contributed by atoms with E-state index in [4.69, 9.17) is 0 Å². The molecule has 1 aliphatic carbocycles. The second-order valence-electron chi connectivity index (χ2n) is 7.23. The molecule has 1 atom stereocenters. The molecule has 0 bridgehead atoms. The zero-order valence-electron chi connectivity index (χ0n) is 17.0. The van der Waals surface area contributed by atoms with Crippen molar-refractivity contribution in [2.75, 3.05) is 23.9 Å². The van der Waals surface area contributed by atoms with Gasteiger partial charge in [-0.1, -0.05) is 55.2 Å². The SMILES string of the molecule is CNc1sc(SC)nc1C(=O)NC(CC1CCCCC1)C(=O)Nc1ccc(F)cn1. The molecule has 0 spiro atoms. The van der Waals surface area contributed by atoms with Crippen molar-refractivity contribution in [3.63, 3.8) is 0 Å². The summed E-state index contributed by atoms with van der Waals surface area (Å²) in [4.78, 5) is 34.2. The molecule has 0 radical (unpaired) electrons.